The van der Waals surface area contributed by atoms with E-state index >= 15 is 0 Å². The van der Waals surface area contributed by atoms with E-state index in [-0.39, 0.29) is 0 Å². The van der Waals surface area contributed by atoms with E-state index in [1.165, 1.54) is 49.8 Å². The van der Waals surface area contributed by atoms with E-state index in [0.29, 0.717) is 12.1 Å². The monoisotopic (exact) mass is 307 g/mol. The number of anilines is 1. The summed E-state index contributed by atoms with van der Waals surface area (Å²) in [5.74, 6) is 1.03. The van der Waals surface area contributed by atoms with Crippen LogP contribution in [0.4, 0.5) is 5.82 Å². The fourth-order valence-electron chi connectivity index (χ4n) is 3.50. The van der Waals surface area contributed by atoms with Crippen molar-refractivity contribution in [1.29, 1.82) is 0 Å². The lowest BCUT2D eigenvalue weighted by molar-refractivity contribution is 0.140. The third-order valence-corrected chi connectivity index (χ3v) is 4.94. The van der Waals surface area contributed by atoms with Gasteiger partial charge >= 0.3 is 0 Å². The molecule has 1 aromatic carbocycles. The lowest BCUT2D eigenvalue weighted by Crippen LogP contribution is -2.33. The van der Waals surface area contributed by atoms with Crippen molar-refractivity contribution in [3.63, 3.8) is 0 Å². The quantitative estimate of drug-likeness (QED) is 0.888. The van der Waals surface area contributed by atoms with Crippen LogP contribution in [0.5, 0.6) is 0 Å². The molecule has 0 amide bonds. The van der Waals surface area contributed by atoms with Gasteiger partial charge in [-0.05, 0) is 49.4 Å². The smallest absolute Gasteiger partial charge is 0.126 e. The second kappa shape index (κ2) is 6.71. The van der Waals surface area contributed by atoms with Gasteiger partial charge in [0.05, 0.1) is 0 Å². The minimum Gasteiger partial charge on any atom is -0.367 e. The van der Waals surface area contributed by atoms with Gasteiger partial charge < -0.3 is 5.32 Å². The number of hydrogen-bond acceptors (Lipinski definition) is 3. The van der Waals surface area contributed by atoms with Gasteiger partial charge in [0.15, 0.2) is 0 Å². The molecule has 1 aliphatic carbocycles. The van der Waals surface area contributed by atoms with Gasteiger partial charge in [-0.25, -0.2) is 4.98 Å². The maximum absolute atomic E-state index is 4.64. The first-order valence-electron chi connectivity index (χ1n) is 8.89. The Bertz CT molecular complexity index is 619. The summed E-state index contributed by atoms with van der Waals surface area (Å²) in [7, 11) is 0. The number of benzene rings is 1. The molecule has 0 bridgehead atoms. The van der Waals surface area contributed by atoms with Crippen LogP contribution in [0, 0.1) is 0 Å². The van der Waals surface area contributed by atoms with Gasteiger partial charge in [0.2, 0.25) is 0 Å². The molecule has 0 unspecified atom stereocenters. The standard InChI is InChI=1S/C20H25N3/c1-2-6-16(7-3-1)15-23-13-5-4-8-19(23)17-9-12-20(21-14-17)22-18-10-11-18/h1-3,6-7,9,12,14,18-19H,4-5,8,10-11,13,15H2,(H,21,22)/t19-/m0/s1. The number of likely N-dealkylation sites (tertiary alicyclic amines) is 1. The summed E-state index contributed by atoms with van der Waals surface area (Å²) in [6.07, 6.45) is 8.52. The fraction of sp³-hybridized carbons (Fsp3) is 0.450. The molecule has 23 heavy (non-hydrogen) atoms. The van der Waals surface area contributed by atoms with Crippen molar-refractivity contribution < 1.29 is 0 Å². The van der Waals surface area contributed by atoms with Gasteiger partial charge in [-0.1, -0.05) is 42.8 Å². The van der Waals surface area contributed by atoms with Crippen molar-refractivity contribution in [3.05, 3.63) is 59.8 Å². The maximum atomic E-state index is 4.64. The average Bonchev–Trinajstić information content (AvgIpc) is 3.41. The van der Waals surface area contributed by atoms with Gasteiger partial charge in [0.25, 0.3) is 0 Å². The van der Waals surface area contributed by atoms with Crippen molar-refractivity contribution >= 4 is 5.82 Å². The van der Waals surface area contributed by atoms with Crippen LogP contribution < -0.4 is 5.32 Å². The van der Waals surface area contributed by atoms with E-state index in [0.717, 1.165) is 12.4 Å². The van der Waals surface area contributed by atoms with Crippen molar-refractivity contribution in [2.24, 2.45) is 0 Å². The first-order chi connectivity index (χ1) is 11.4. The number of piperidine rings is 1. The first kappa shape index (κ1) is 14.7. The fourth-order valence-corrected chi connectivity index (χ4v) is 3.50. The molecule has 0 spiro atoms. The molecule has 2 fully saturated rings. The zero-order valence-electron chi connectivity index (χ0n) is 13.6. The second-order valence-electron chi connectivity index (χ2n) is 6.86. The highest BCUT2D eigenvalue weighted by atomic mass is 15.2. The number of nitrogens with one attached hydrogen (secondary N) is 1. The molecule has 1 aliphatic heterocycles. The molecular weight excluding hydrogens is 282 g/mol. The van der Waals surface area contributed by atoms with E-state index in [2.05, 4.69) is 63.9 Å². The highest BCUT2D eigenvalue weighted by molar-refractivity contribution is 5.38. The van der Waals surface area contributed by atoms with Crippen LogP contribution in [0.3, 0.4) is 0 Å². The third kappa shape index (κ3) is 3.73. The van der Waals surface area contributed by atoms with E-state index in [4.69, 9.17) is 0 Å². The molecule has 3 nitrogen and oxygen atoms in total. The minimum absolute atomic E-state index is 0.506. The Balaban J connectivity index is 1.47. The Morgan fingerprint density at radius 1 is 1.00 bits per heavy atom. The Hall–Kier alpha value is -1.87. The molecule has 2 heterocycles. The molecular formula is C20H25N3. The largest absolute Gasteiger partial charge is 0.367 e. The molecule has 2 aliphatic rings. The van der Waals surface area contributed by atoms with Crippen LogP contribution in [-0.2, 0) is 6.54 Å². The van der Waals surface area contributed by atoms with Crippen molar-refractivity contribution in [2.45, 2.75) is 50.7 Å². The van der Waals surface area contributed by atoms with Crippen molar-refractivity contribution in [1.82, 2.24) is 9.88 Å². The Morgan fingerprint density at radius 3 is 2.61 bits per heavy atom. The molecule has 1 atom stereocenters. The number of pyridine rings is 1. The summed E-state index contributed by atoms with van der Waals surface area (Å²) in [4.78, 5) is 7.25. The number of aromatic nitrogens is 1. The van der Waals surface area contributed by atoms with Gasteiger partial charge in [0, 0.05) is 24.8 Å². The Kier molecular flexibility index (Phi) is 4.29. The summed E-state index contributed by atoms with van der Waals surface area (Å²) in [6, 6.07) is 16.4. The highest BCUT2D eigenvalue weighted by Crippen LogP contribution is 2.32. The molecule has 2 aromatic rings. The number of nitrogens with zero attached hydrogens (tertiary/aromatic N) is 2. The summed E-state index contributed by atoms with van der Waals surface area (Å²) in [5, 5.41) is 3.47. The SMILES string of the molecule is c1ccc(CN2CCCC[C@H]2c2ccc(NC3CC3)nc2)cc1. The molecule has 3 heteroatoms. The van der Waals surface area contributed by atoms with Crippen LogP contribution in [0.25, 0.3) is 0 Å². The van der Waals surface area contributed by atoms with E-state index in [1.54, 1.807) is 0 Å². The topological polar surface area (TPSA) is 28.2 Å². The lowest BCUT2D eigenvalue weighted by Gasteiger charge is -2.36. The zero-order valence-corrected chi connectivity index (χ0v) is 13.6. The van der Waals surface area contributed by atoms with Gasteiger partial charge in [-0.3, -0.25) is 4.90 Å². The van der Waals surface area contributed by atoms with Gasteiger partial charge in [-0.2, -0.15) is 0 Å². The molecule has 4 rings (SSSR count). The summed E-state index contributed by atoms with van der Waals surface area (Å²) in [5.41, 5.74) is 2.77. The van der Waals surface area contributed by atoms with Gasteiger partial charge in [0.1, 0.15) is 5.82 Å². The van der Waals surface area contributed by atoms with Crippen LogP contribution in [-0.4, -0.2) is 22.5 Å². The van der Waals surface area contributed by atoms with Crippen LogP contribution in [0.1, 0.15) is 49.3 Å². The number of rotatable bonds is 5. The van der Waals surface area contributed by atoms with Crippen molar-refractivity contribution in [2.75, 3.05) is 11.9 Å². The van der Waals surface area contributed by atoms with Crippen LogP contribution in [0.15, 0.2) is 48.7 Å². The minimum atomic E-state index is 0.506. The molecule has 0 radical (unpaired) electrons. The molecule has 1 aromatic heterocycles. The second-order valence-corrected chi connectivity index (χ2v) is 6.86. The maximum Gasteiger partial charge on any atom is 0.126 e. The summed E-state index contributed by atoms with van der Waals surface area (Å²) in [6.45, 7) is 2.22. The van der Waals surface area contributed by atoms with E-state index < -0.39 is 0 Å². The first-order valence-corrected chi connectivity index (χ1v) is 8.89. The molecule has 120 valence electrons. The lowest BCUT2D eigenvalue weighted by atomic mass is 9.95. The van der Waals surface area contributed by atoms with E-state index in [9.17, 15) is 0 Å². The van der Waals surface area contributed by atoms with Crippen LogP contribution >= 0.6 is 0 Å². The third-order valence-electron chi connectivity index (χ3n) is 4.94. The Morgan fingerprint density at radius 2 is 1.87 bits per heavy atom. The van der Waals surface area contributed by atoms with Crippen LogP contribution in [0.2, 0.25) is 0 Å². The molecule has 1 N–H and O–H groups in total. The average molecular weight is 307 g/mol. The molecule has 1 saturated heterocycles. The van der Waals surface area contributed by atoms with E-state index in [1.807, 2.05) is 0 Å². The highest BCUT2D eigenvalue weighted by Gasteiger charge is 2.25. The zero-order chi connectivity index (χ0) is 15.5. The predicted molar refractivity (Wildman–Crippen MR) is 94.3 cm³/mol. The number of hydrogen-bond donors (Lipinski definition) is 1. The predicted octanol–water partition coefficient (Wildman–Crippen LogP) is 4.38. The summed E-state index contributed by atoms with van der Waals surface area (Å²) < 4.78 is 0. The van der Waals surface area contributed by atoms with Crippen molar-refractivity contribution in [3.8, 4) is 0 Å². The normalized spacial score (nSPS) is 22.0. The molecule has 1 saturated carbocycles. The van der Waals surface area contributed by atoms with Gasteiger partial charge in [-0.15, -0.1) is 0 Å². The Labute approximate surface area is 138 Å². The summed E-state index contributed by atoms with van der Waals surface area (Å²) >= 11 is 0.